The van der Waals surface area contributed by atoms with E-state index in [9.17, 15) is 4.79 Å². The van der Waals surface area contributed by atoms with E-state index in [1.54, 1.807) is 4.68 Å². The first-order valence-electron chi connectivity index (χ1n) is 5.84. The molecule has 3 N–H and O–H groups in total. The first-order chi connectivity index (χ1) is 8.06. The van der Waals surface area contributed by atoms with Crippen LogP contribution in [0.25, 0.3) is 0 Å². The lowest BCUT2D eigenvalue weighted by atomic mass is 10.1. The van der Waals surface area contributed by atoms with Crippen molar-refractivity contribution in [1.82, 2.24) is 20.4 Å². The molecular weight excluding hydrogens is 218 g/mol. The number of hydrogen-bond donors (Lipinski definition) is 3. The van der Waals surface area contributed by atoms with Crippen LogP contribution in [0.5, 0.6) is 0 Å². The number of carbonyl (C=O) groups is 1. The third-order valence-corrected chi connectivity index (χ3v) is 3.02. The topological polar surface area (TPSA) is 71.0 Å². The molecule has 0 bridgehead atoms. The predicted molar refractivity (Wildman–Crippen MR) is 65.8 cm³/mol. The number of rotatable bonds is 2. The summed E-state index contributed by atoms with van der Waals surface area (Å²) < 4.78 is 1.74. The average molecular weight is 237 g/mol. The number of piperazine rings is 1. The summed E-state index contributed by atoms with van der Waals surface area (Å²) in [5.41, 5.74) is 1.02. The molecule has 94 valence electrons. The van der Waals surface area contributed by atoms with Crippen LogP contribution in [0, 0.1) is 6.92 Å². The first-order valence-corrected chi connectivity index (χ1v) is 5.84. The number of anilines is 1. The summed E-state index contributed by atoms with van der Waals surface area (Å²) in [7, 11) is 1.85. The van der Waals surface area contributed by atoms with E-state index in [4.69, 9.17) is 0 Å². The van der Waals surface area contributed by atoms with Crippen LogP contribution in [-0.2, 0) is 11.8 Å². The molecule has 6 nitrogen and oxygen atoms in total. The van der Waals surface area contributed by atoms with Crippen molar-refractivity contribution in [2.75, 3.05) is 18.4 Å². The van der Waals surface area contributed by atoms with Gasteiger partial charge in [-0.3, -0.25) is 9.48 Å². The van der Waals surface area contributed by atoms with E-state index >= 15 is 0 Å². The fraction of sp³-hybridized carbons (Fsp3) is 0.636. The van der Waals surface area contributed by atoms with E-state index in [-0.39, 0.29) is 11.9 Å². The van der Waals surface area contributed by atoms with Gasteiger partial charge in [0.05, 0.1) is 6.04 Å². The number of amides is 1. The molecule has 2 rings (SSSR count). The number of nitrogens with one attached hydrogen (secondary N) is 3. The highest BCUT2D eigenvalue weighted by Crippen LogP contribution is 2.07. The molecule has 0 aromatic carbocycles. The van der Waals surface area contributed by atoms with Gasteiger partial charge in [0.25, 0.3) is 0 Å². The van der Waals surface area contributed by atoms with Gasteiger partial charge in [-0.25, -0.2) is 0 Å². The molecule has 1 aliphatic rings. The van der Waals surface area contributed by atoms with Gasteiger partial charge < -0.3 is 16.0 Å². The molecule has 1 aliphatic heterocycles. The second kappa shape index (κ2) is 4.85. The Bertz CT molecular complexity index is 386. The molecule has 0 radical (unpaired) electrons. The molecule has 0 saturated carbocycles. The highest BCUT2D eigenvalue weighted by molar-refractivity contribution is 5.94. The molecule has 1 amide bonds. The highest BCUT2D eigenvalue weighted by Gasteiger charge is 2.23. The van der Waals surface area contributed by atoms with Crippen LogP contribution >= 0.6 is 0 Å². The van der Waals surface area contributed by atoms with Gasteiger partial charge in [0.2, 0.25) is 5.91 Å². The van der Waals surface area contributed by atoms with E-state index in [2.05, 4.69) is 28.0 Å². The molecule has 0 spiro atoms. The van der Waals surface area contributed by atoms with E-state index in [1.807, 2.05) is 20.0 Å². The van der Waals surface area contributed by atoms with E-state index in [0.717, 1.165) is 12.2 Å². The summed E-state index contributed by atoms with van der Waals surface area (Å²) in [6, 6.07) is 2.08. The average Bonchev–Trinajstić information content (AvgIpc) is 2.58. The van der Waals surface area contributed by atoms with E-state index in [1.165, 1.54) is 0 Å². The Morgan fingerprint density at radius 1 is 1.53 bits per heavy atom. The SMILES string of the molecule is Cc1cc(NC(=O)C2CNC(C)CN2)nn1C. The minimum absolute atomic E-state index is 0.0394. The van der Waals surface area contributed by atoms with Crippen molar-refractivity contribution in [1.29, 1.82) is 0 Å². The first kappa shape index (κ1) is 12.1. The summed E-state index contributed by atoms with van der Waals surface area (Å²) in [4.78, 5) is 11.9. The van der Waals surface area contributed by atoms with Crippen LogP contribution in [-0.4, -0.2) is 40.9 Å². The summed E-state index contributed by atoms with van der Waals surface area (Å²) >= 11 is 0. The fourth-order valence-electron chi connectivity index (χ4n) is 1.80. The molecule has 1 aromatic rings. The number of aryl methyl sites for hydroxylation is 2. The molecule has 2 heterocycles. The highest BCUT2D eigenvalue weighted by atomic mass is 16.2. The van der Waals surface area contributed by atoms with Gasteiger partial charge in [-0.05, 0) is 13.8 Å². The van der Waals surface area contributed by atoms with Crippen molar-refractivity contribution in [2.24, 2.45) is 7.05 Å². The normalized spacial score (nSPS) is 24.6. The molecular formula is C11H19N5O. The van der Waals surface area contributed by atoms with Gasteiger partial charge in [-0.1, -0.05) is 0 Å². The van der Waals surface area contributed by atoms with Gasteiger partial charge in [-0.15, -0.1) is 0 Å². The van der Waals surface area contributed by atoms with Crippen LogP contribution in [0.4, 0.5) is 5.82 Å². The zero-order valence-corrected chi connectivity index (χ0v) is 10.4. The smallest absolute Gasteiger partial charge is 0.244 e. The van der Waals surface area contributed by atoms with Gasteiger partial charge in [0.15, 0.2) is 5.82 Å². The van der Waals surface area contributed by atoms with Crippen LogP contribution < -0.4 is 16.0 Å². The van der Waals surface area contributed by atoms with Crippen molar-refractivity contribution in [3.05, 3.63) is 11.8 Å². The Morgan fingerprint density at radius 2 is 2.29 bits per heavy atom. The molecule has 17 heavy (non-hydrogen) atoms. The largest absolute Gasteiger partial charge is 0.311 e. The van der Waals surface area contributed by atoms with Gasteiger partial charge in [0, 0.05) is 37.9 Å². The Balaban J connectivity index is 1.93. The lowest BCUT2D eigenvalue weighted by Gasteiger charge is -2.27. The zero-order chi connectivity index (χ0) is 12.4. The molecule has 1 fully saturated rings. The Labute approximate surface area is 101 Å². The van der Waals surface area contributed by atoms with Gasteiger partial charge >= 0.3 is 0 Å². The fourth-order valence-corrected chi connectivity index (χ4v) is 1.80. The minimum Gasteiger partial charge on any atom is -0.311 e. The second-order valence-electron chi connectivity index (χ2n) is 4.55. The lowest BCUT2D eigenvalue weighted by molar-refractivity contribution is -0.118. The lowest BCUT2D eigenvalue weighted by Crippen LogP contribution is -2.57. The molecule has 0 aliphatic carbocycles. The van der Waals surface area contributed by atoms with Crippen LogP contribution in [0.15, 0.2) is 6.07 Å². The molecule has 6 heteroatoms. The van der Waals surface area contributed by atoms with E-state index in [0.29, 0.717) is 18.4 Å². The summed E-state index contributed by atoms with van der Waals surface area (Å²) in [6.45, 7) is 5.49. The van der Waals surface area contributed by atoms with Crippen LogP contribution in [0.1, 0.15) is 12.6 Å². The van der Waals surface area contributed by atoms with Gasteiger partial charge in [0.1, 0.15) is 0 Å². The second-order valence-corrected chi connectivity index (χ2v) is 4.55. The van der Waals surface area contributed by atoms with Gasteiger partial charge in [-0.2, -0.15) is 5.10 Å². The molecule has 2 atom stereocenters. The zero-order valence-electron chi connectivity index (χ0n) is 10.4. The number of aromatic nitrogens is 2. The van der Waals surface area contributed by atoms with Crippen LogP contribution in [0.2, 0.25) is 0 Å². The number of carbonyl (C=O) groups excluding carboxylic acids is 1. The quantitative estimate of drug-likeness (QED) is 0.655. The Kier molecular flexibility index (Phi) is 3.44. The standard InChI is InChI=1S/C11H19N5O/c1-7-5-13-9(6-12-7)11(17)14-10-4-8(2)16(3)15-10/h4,7,9,12-13H,5-6H2,1-3H3,(H,14,15,17). The van der Waals surface area contributed by atoms with Crippen molar-refractivity contribution >= 4 is 11.7 Å². The minimum atomic E-state index is -0.187. The Morgan fingerprint density at radius 3 is 2.82 bits per heavy atom. The maximum atomic E-state index is 11.9. The maximum absolute atomic E-state index is 11.9. The van der Waals surface area contributed by atoms with Crippen molar-refractivity contribution in [3.63, 3.8) is 0 Å². The molecule has 2 unspecified atom stereocenters. The third-order valence-electron chi connectivity index (χ3n) is 3.02. The van der Waals surface area contributed by atoms with Crippen molar-refractivity contribution < 1.29 is 4.79 Å². The third kappa shape index (κ3) is 2.83. The van der Waals surface area contributed by atoms with E-state index < -0.39 is 0 Å². The van der Waals surface area contributed by atoms with Crippen molar-refractivity contribution in [3.8, 4) is 0 Å². The maximum Gasteiger partial charge on any atom is 0.244 e. The predicted octanol–water partition coefficient (Wildman–Crippen LogP) is -0.383. The van der Waals surface area contributed by atoms with Crippen molar-refractivity contribution in [2.45, 2.75) is 25.9 Å². The Hall–Kier alpha value is -1.40. The summed E-state index contributed by atoms with van der Waals surface area (Å²) in [5.74, 6) is 0.568. The monoisotopic (exact) mass is 237 g/mol. The number of hydrogen-bond acceptors (Lipinski definition) is 4. The summed E-state index contributed by atoms with van der Waals surface area (Å²) in [5, 5.41) is 13.5. The summed E-state index contributed by atoms with van der Waals surface area (Å²) in [6.07, 6.45) is 0. The molecule has 1 aromatic heterocycles. The van der Waals surface area contributed by atoms with Crippen LogP contribution in [0.3, 0.4) is 0 Å². The number of nitrogens with zero attached hydrogens (tertiary/aromatic N) is 2. The molecule has 1 saturated heterocycles.